The van der Waals surface area contributed by atoms with E-state index in [0.29, 0.717) is 12.3 Å². The Balaban J connectivity index is 1.16. The van der Waals surface area contributed by atoms with Crippen molar-refractivity contribution in [1.29, 1.82) is 0 Å². The Morgan fingerprint density at radius 1 is 1.05 bits per heavy atom. The molecule has 1 aliphatic rings. The first-order chi connectivity index (χ1) is 18.2. The number of aryl methyl sites for hydroxylation is 2. The summed E-state index contributed by atoms with van der Waals surface area (Å²) in [5.74, 6) is 0.396. The third-order valence-electron chi connectivity index (χ3n) is 6.21. The Bertz CT molecular complexity index is 1310. The molecule has 10 nitrogen and oxygen atoms in total. The number of ether oxygens (including phenoxy) is 1. The molecule has 1 N–H and O–H groups in total. The molecule has 0 unspecified atom stereocenters. The summed E-state index contributed by atoms with van der Waals surface area (Å²) in [5, 5.41) is 15.0. The molecule has 4 aromatic rings. The van der Waals surface area contributed by atoms with Crippen LogP contribution in [0.4, 0.5) is 5.69 Å². The number of carbonyl (C=O) groups excluding carboxylic acids is 1. The van der Waals surface area contributed by atoms with Crippen molar-refractivity contribution in [3.63, 3.8) is 0 Å². The van der Waals surface area contributed by atoms with Gasteiger partial charge in [0.05, 0.1) is 26.0 Å². The molecule has 5 rings (SSSR count). The molecule has 1 saturated heterocycles. The van der Waals surface area contributed by atoms with Gasteiger partial charge in [-0.05, 0) is 41.8 Å². The van der Waals surface area contributed by atoms with Crippen molar-refractivity contribution >= 4 is 17.7 Å². The zero-order valence-corrected chi connectivity index (χ0v) is 20.5. The van der Waals surface area contributed by atoms with Crippen molar-refractivity contribution in [2.75, 3.05) is 38.2 Å². The summed E-state index contributed by atoms with van der Waals surface area (Å²) in [6.45, 7) is 5.25. The highest BCUT2D eigenvalue weighted by atomic mass is 16.5. The van der Waals surface area contributed by atoms with Gasteiger partial charge in [0.25, 0.3) is 0 Å². The number of rotatable bonds is 10. The van der Waals surface area contributed by atoms with Crippen LogP contribution in [0.2, 0.25) is 0 Å². The molecule has 0 atom stereocenters. The highest BCUT2D eigenvalue weighted by Gasteiger charge is 2.11. The maximum atomic E-state index is 12.6. The van der Waals surface area contributed by atoms with Gasteiger partial charge in [0.1, 0.15) is 0 Å². The first-order valence-corrected chi connectivity index (χ1v) is 12.3. The number of amides is 1. The number of carbonyl (C=O) groups is 1. The number of nitrogens with one attached hydrogen (secondary N) is 1. The molecule has 1 fully saturated rings. The lowest BCUT2D eigenvalue weighted by molar-refractivity contribution is -0.111. The van der Waals surface area contributed by atoms with Crippen molar-refractivity contribution < 1.29 is 13.9 Å². The van der Waals surface area contributed by atoms with Crippen LogP contribution in [0.3, 0.4) is 0 Å². The van der Waals surface area contributed by atoms with Crippen molar-refractivity contribution in [3.05, 3.63) is 84.6 Å². The molecule has 37 heavy (non-hydrogen) atoms. The van der Waals surface area contributed by atoms with Crippen molar-refractivity contribution in [2.45, 2.75) is 19.4 Å². The summed E-state index contributed by atoms with van der Waals surface area (Å²) < 4.78 is 12.5. The minimum absolute atomic E-state index is 0.213. The lowest BCUT2D eigenvalue weighted by atomic mass is 10.0. The lowest BCUT2D eigenvalue weighted by Crippen LogP contribution is -2.38. The van der Waals surface area contributed by atoms with Gasteiger partial charge in [-0.1, -0.05) is 12.1 Å². The molecule has 4 heterocycles. The quantitative estimate of drug-likeness (QED) is 0.332. The van der Waals surface area contributed by atoms with Crippen LogP contribution in [0.5, 0.6) is 0 Å². The van der Waals surface area contributed by atoms with E-state index in [-0.39, 0.29) is 5.91 Å². The molecular weight excluding hydrogens is 470 g/mol. The second kappa shape index (κ2) is 12.2. The number of anilines is 1. The van der Waals surface area contributed by atoms with Gasteiger partial charge < -0.3 is 14.5 Å². The Morgan fingerprint density at radius 3 is 2.73 bits per heavy atom. The standard InChI is InChI=1S/C27H29N7O3/c35-26(31-24-5-1-21(2-6-24)3-8-27-32-29-20-37-27)7-4-22-17-28-10-9-25(22)23-18-30-34(19-23)12-11-33-13-15-36-16-14-33/h1-2,4-7,9-10,17-20H,3,8,11-16H2,(H,31,35). The van der Waals surface area contributed by atoms with E-state index in [0.717, 1.165) is 73.8 Å². The van der Waals surface area contributed by atoms with Gasteiger partial charge in [0, 0.05) is 67.5 Å². The van der Waals surface area contributed by atoms with E-state index in [1.807, 2.05) is 47.4 Å². The fraction of sp³-hybridized carbons (Fsp3) is 0.296. The fourth-order valence-electron chi connectivity index (χ4n) is 4.16. The number of aromatic nitrogens is 5. The molecule has 1 aliphatic heterocycles. The highest BCUT2D eigenvalue weighted by Crippen LogP contribution is 2.23. The molecule has 0 spiro atoms. The van der Waals surface area contributed by atoms with E-state index in [1.54, 1.807) is 18.5 Å². The summed E-state index contributed by atoms with van der Waals surface area (Å²) in [6.07, 6.45) is 13.5. The largest absolute Gasteiger partial charge is 0.428 e. The van der Waals surface area contributed by atoms with Gasteiger partial charge in [-0.15, -0.1) is 10.2 Å². The Hall–Kier alpha value is -4.15. The number of morpholine rings is 1. The van der Waals surface area contributed by atoms with E-state index in [4.69, 9.17) is 9.15 Å². The molecular formula is C27H29N7O3. The van der Waals surface area contributed by atoms with Crippen LogP contribution < -0.4 is 5.32 Å². The molecule has 0 bridgehead atoms. The number of hydrogen-bond acceptors (Lipinski definition) is 8. The van der Waals surface area contributed by atoms with E-state index in [2.05, 4.69) is 30.5 Å². The maximum Gasteiger partial charge on any atom is 0.248 e. The molecule has 10 heteroatoms. The Labute approximate surface area is 215 Å². The van der Waals surface area contributed by atoms with Crippen LogP contribution in [-0.4, -0.2) is 68.6 Å². The summed E-state index contributed by atoms with van der Waals surface area (Å²) >= 11 is 0. The summed E-state index contributed by atoms with van der Waals surface area (Å²) in [6, 6.07) is 9.66. The fourth-order valence-corrected chi connectivity index (χ4v) is 4.16. The second-order valence-corrected chi connectivity index (χ2v) is 8.76. The van der Waals surface area contributed by atoms with Crippen molar-refractivity contribution in [1.82, 2.24) is 29.9 Å². The molecule has 3 aromatic heterocycles. The minimum atomic E-state index is -0.213. The first kappa shape index (κ1) is 24.5. The summed E-state index contributed by atoms with van der Waals surface area (Å²) in [4.78, 5) is 19.2. The van der Waals surface area contributed by atoms with E-state index >= 15 is 0 Å². The lowest BCUT2D eigenvalue weighted by Gasteiger charge is -2.26. The predicted octanol–water partition coefficient (Wildman–Crippen LogP) is 3.10. The number of pyridine rings is 1. The van der Waals surface area contributed by atoms with Crippen LogP contribution in [0.1, 0.15) is 17.0 Å². The average Bonchev–Trinajstić information content (AvgIpc) is 3.64. The molecule has 0 saturated carbocycles. The molecule has 0 aliphatic carbocycles. The average molecular weight is 500 g/mol. The van der Waals surface area contributed by atoms with E-state index < -0.39 is 0 Å². The van der Waals surface area contributed by atoms with Gasteiger partial charge in [0.2, 0.25) is 18.2 Å². The number of benzene rings is 1. The van der Waals surface area contributed by atoms with Crippen molar-refractivity contribution in [3.8, 4) is 11.1 Å². The van der Waals surface area contributed by atoms with Crippen LogP contribution in [0.15, 0.2) is 72.0 Å². The smallest absolute Gasteiger partial charge is 0.248 e. The van der Waals surface area contributed by atoms with E-state index in [1.165, 1.54) is 12.5 Å². The third kappa shape index (κ3) is 6.96. The van der Waals surface area contributed by atoms with E-state index in [9.17, 15) is 4.79 Å². The van der Waals surface area contributed by atoms with Gasteiger partial charge in [-0.3, -0.25) is 19.4 Å². The monoisotopic (exact) mass is 499 g/mol. The van der Waals surface area contributed by atoms with Crippen LogP contribution >= 0.6 is 0 Å². The Morgan fingerprint density at radius 2 is 1.92 bits per heavy atom. The van der Waals surface area contributed by atoms with Gasteiger partial charge in [0.15, 0.2) is 0 Å². The molecule has 0 radical (unpaired) electrons. The molecule has 1 aromatic carbocycles. The van der Waals surface area contributed by atoms with Gasteiger partial charge in [-0.25, -0.2) is 0 Å². The van der Waals surface area contributed by atoms with Crippen LogP contribution in [-0.2, 0) is 28.9 Å². The highest BCUT2D eigenvalue weighted by molar-refractivity contribution is 6.02. The second-order valence-electron chi connectivity index (χ2n) is 8.76. The topological polar surface area (TPSA) is 111 Å². The predicted molar refractivity (Wildman–Crippen MR) is 139 cm³/mol. The minimum Gasteiger partial charge on any atom is -0.428 e. The summed E-state index contributed by atoms with van der Waals surface area (Å²) in [7, 11) is 0. The maximum absolute atomic E-state index is 12.6. The first-order valence-electron chi connectivity index (χ1n) is 12.3. The number of hydrogen-bond donors (Lipinski definition) is 1. The third-order valence-corrected chi connectivity index (χ3v) is 6.21. The summed E-state index contributed by atoms with van der Waals surface area (Å²) in [5.41, 5.74) is 4.66. The van der Waals surface area contributed by atoms with Gasteiger partial charge >= 0.3 is 0 Å². The normalized spacial score (nSPS) is 14.3. The Kier molecular flexibility index (Phi) is 8.09. The molecule has 1 amide bonds. The van der Waals surface area contributed by atoms with Gasteiger partial charge in [-0.2, -0.15) is 5.10 Å². The number of nitrogens with zero attached hydrogens (tertiary/aromatic N) is 6. The van der Waals surface area contributed by atoms with Crippen LogP contribution in [0.25, 0.3) is 17.2 Å². The van der Waals surface area contributed by atoms with Crippen molar-refractivity contribution in [2.24, 2.45) is 0 Å². The van der Waals surface area contributed by atoms with Crippen LogP contribution in [0, 0.1) is 0 Å². The SMILES string of the molecule is O=C(C=Cc1cnccc1-c1cnn(CCN2CCOCC2)c1)Nc1ccc(CCc2nnco2)cc1. The zero-order valence-electron chi connectivity index (χ0n) is 20.5. The molecule has 190 valence electrons. The zero-order chi connectivity index (χ0) is 25.3.